The van der Waals surface area contributed by atoms with Crippen LogP contribution in [0.2, 0.25) is 0 Å². The Balaban J connectivity index is 2.25. The summed E-state index contributed by atoms with van der Waals surface area (Å²) in [5.41, 5.74) is -0.625. The molecule has 0 spiro atoms. The van der Waals surface area contributed by atoms with Crippen molar-refractivity contribution in [3.63, 3.8) is 0 Å². The molecule has 0 saturated carbocycles. The standard InChI is InChI=1S/C23H27NO6/c1-22(2,14-6-9-18(26)19(12-14)30-5)10-11-23(3,4)21(29)24-17-8-7-15(25)13-16(17)20(27)28/h6-13,25-26H,1-5H3,(H,24,29)(H,27,28)/b11-10+. The number of allylic oxidation sites excluding steroid dienone is 1. The van der Waals surface area contributed by atoms with Crippen LogP contribution in [0.15, 0.2) is 48.6 Å². The van der Waals surface area contributed by atoms with Crippen molar-refractivity contribution in [1.82, 2.24) is 0 Å². The summed E-state index contributed by atoms with van der Waals surface area (Å²) in [5, 5.41) is 31.2. The first-order valence-electron chi connectivity index (χ1n) is 9.33. The summed E-state index contributed by atoms with van der Waals surface area (Å²) in [5.74, 6) is -1.44. The average Bonchev–Trinajstić information content (AvgIpc) is 2.68. The SMILES string of the molecule is COc1cc(C(C)(C)/C=C/C(C)(C)C(=O)Nc2ccc(O)cc2C(=O)O)ccc1O. The third-order valence-electron chi connectivity index (χ3n) is 4.91. The minimum absolute atomic E-state index is 0.0452. The number of hydrogen-bond acceptors (Lipinski definition) is 5. The van der Waals surface area contributed by atoms with Crippen molar-refractivity contribution in [2.45, 2.75) is 33.1 Å². The highest BCUT2D eigenvalue weighted by Gasteiger charge is 2.28. The molecule has 0 unspecified atom stereocenters. The van der Waals surface area contributed by atoms with E-state index in [-0.39, 0.29) is 22.7 Å². The van der Waals surface area contributed by atoms with Crippen LogP contribution in [0.25, 0.3) is 0 Å². The third kappa shape index (κ3) is 5.11. The van der Waals surface area contributed by atoms with E-state index < -0.39 is 22.7 Å². The molecular formula is C23H27NO6. The van der Waals surface area contributed by atoms with Gasteiger partial charge in [0.05, 0.1) is 23.8 Å². The van der Waals surface area contributed by atoms with Gasteiger partial charge in [-0.1, -0.05) is 32.1 Å². The smallest absolute Gasteiger partial charge is 0.337 e. The average molecular weight is 413 g/mol. The maximum Gasteiger partial charge on any atom is 0.337 e. The minimum atomic E-state index is -1.25. The lowest BCUT2D eigenvalue weighted by Gasteiger charge is -2.25. The number of rotatable bonds is 7. The van der Waals surface area contributed by atoms with Gasteiger partial charge in [0.15, 0.2) is 11.5 Å². The minimum Gasteiger partial charge on any atom is -0.508 e. The van der Waals surface area contributed by atoms with Gasteiger partial charge in [-0.25, -0.2) is 4.79 Å². The number of ether oxygens (including phenoxy) is 1. The topological polar surface area (TPSA) is 116 Å². The van der Waals surface area contributed by atoms with Gasteiger partial charge in [0.2, 0.25) is 5.91 Å². The Morgan fingerprint density at radius 2 is 1.67 bits per heavy atom. The van der Waals surface area contributed by atoms with E-state index in [4.69, 9.17) is 4.74 Å². The molecule has 0 bridgehead atoms. The van der Waals surface area contributed by atoms with Gasteiger partial charge >= 0.3 is 5.97 Å². The number of nitrogens with one attached hydrogen (secondary N) is 1. The number of carbonyl (C=O) groups excluding carboxylic acids is 1. The number of hydrogen-bond donors (Lipinski definition) is 4. The molecule has 1 amide bonds. The molecule has 160 valence electrons. The van der Waals surface area contributed by atoms with E-state index >= 15 is 0 Å². The Labute approximate surface area is 175 Å². The second kappa shape index (κ2) is 8.49. The summed E-state index contributed by atoms with van der Waals surface area (Å²) in [6.45, 7) is 7.36. The molecule has 0 fully saturated rings. The Kier molecular flexibility index (Phi) is 6.45. The van der Waals surface area contributed by atoms with Gasteiger partial charge < -0.3 is 25.4 Å². The molecule has 0 aliphatic carbocycles. The molecule has 0 atom stereocenters. The molecule has 30 heavy (non-hydrogen) atoms. The number of methoxy groups -OCH3 is 1. The largest absolute Gasteiger partial charge is 0.508 e. The Morgan fingerprint density at radius 1 is 1.00 bits per heavy atom. The van der Waals surface area contributed by atoms with Crippen LogP contribution < -0.4 is 10.1 Å². The maximum absolute atomic E-state index is 12.8. The first kappa shape index (κ1) is 22.8. The second-order valence-electron chi connectivity index (χ2n) is 8.15. The van der Waals surface area contributed by atoms with Gasteiger partial charge in [-0.3, -0.25) is 4.79 Å². The normalized spacial score (nSPS) is 12.0. The van der Waals surface area contributed by atoms with Gasteiger partial charge in [0.1, 0.15) is 5.75 Å². The lowest BCUT2D eigenvalue weighted by atomic mass is 9.81. The number of anilines is 1. The van der Waals surface area contributed by atoms with Gasteiger partial charge in [-0.15, -0.1) is 0 Å². The number of carbonyl (C=O) groups is 2. The van der Waals surface area contributed by atoms with Crippen LogP contribution in [0.4, 0.5) is 5.69 Å². The predicted molar refractivity (Wildman–Crippen MR) is 114 cm³/mol. The van der Waals surface area contributed by atoms with Crippen molar-refractivity contribution in [2.75, 3.05) is 12.4 Å². The number of aromatic hydroxyl groups is 2. The lowest BCUT2D eigenvalue weighted by Crippen LogP contribution is -2.30. The van der Waals surface area contributed by atoms with Crippen molar-refractivity contribution < 1.29 is 29.6 Å². The number of benzene rings is 2. The van der Waals surface area contributed by atoms with Crippen molar-refractivity contribution in [1.29, 1.82) is 0 Å². The summed E-state index contributed by atoms with van der Waals surface area (Å²) < 4.78 is 5.17. The van der Waals surface area contributed by atoms with E-state index in [1.165, 1.54) is 19.2 Å². The molecule has 2 rings (SSSR count). The summed E-state index contributed by atoms with van der Waals surface area (Å²) in [6, 6.07) is 8.82. The zero-order chi connectivity index (χ0) is 22.7. The van der Waals surface area contributed by atoms with Crippen molar-refractivity contribution >= 4 is 17.6 Å². The highest BCUT2D eigenvalue weighted by molar-refractivity contribution is 6.03. The Morgan fingerprint density at radius 3 is 2.27 bits per heavy atom. The fourth-order valence-corrected chi connectivity index (χ4v) is 2.77. The highest BCUT2D eigenvalue weighted by Crippen LogP contribution is 2.34. The number of phenolic OH excluding ortho intramolecular Hbond substituents is 2. The molecule has 0 aliphatic rings. The van der Waals surface area contributed by atoms with E-state index in [9.17, 15) is 24.9 Å². The van der Waals surface area contributed by atoms with Crippen molar-refractivity contribution in [3.05, 3.63) is 59.7 Å². The van der Waals surface area contributed by atoms with Crippen LogP contribution in [0.1, 0.15) is 43.6 Å². The van der Waals surface area contributed by atoms with Crippen LogP contribution in [-0.4, -0.2) is 34.3 Å². The molecule has 0 heterocycles. The molecule has 0 radical (unpaired) electrons. The summed E-state index contributed by atoms with van der Waals surface area (Å²) in [6.07, 6.45) is 3.63. The molecule has 0 saturated heterocycles. The van der Waals surface area contributed by atoms with E-state index in [2.05, 4.69) is 5.32 Å². The summed E-state index contributed by atoms with van der Waals surface area (Å²) >= 11 is 0. The van der Waals surface area contributed by atoms with Crippen LogP contribution >= 0.6 is 0 Å². The van der Waals surface area contributed by atoms with Gasteiger partial charge in [0.25, 0.3) is 0 Å². The zero-order valence-electron chi connectivity index (χ0n) is 17.7. The molecule has 0 aromatic heterocycles. The molecular weight excluding hydrogens is 386 g/mol. The predicted octanol–water partition coefficient (Wildman–Crippen LogP) is 4.30. The van der Waals surface area contributed by atoms with Gasteiger partial charge in [-0.2, -0.15) is 0 Å². The molecule has 4 N–H and O–H groups in total. The highest BCUT2D eigenvalue weighted by atomic mass is 16.5. The van der Waals surface area contributed by atoms with E-state index in [0.29, 0.717) is 5.75 Å². The number of carboxylic acid groups (broad SMARTS) is 1. The molecule has 0 aliphatic heterocycles. The van der Waals surface area contributed by atoms with Crippen LogP contribution in [-0.2, 0) is 10.2 Å². The fourth-order valence-electron chi connectivity index (χ4n) is 2.77. The molecule has 7 heteroatoms. The lowest BCUT2D eigenvalue weighted by molar-refractivity contribution is -0.121. The van der Waals surface area contributed by atoms with Crippen LogP contribution in [0.5, 0.6) is 17.2 Å². The van der Waals surface area contributed by atoms with Gasteiger partial charge in [0, 0.05) is 5.41 Å². The number of aromatic carboxylic acids is 1. The number of amides is 1. The Hall–Kier alpha value is -3.48. The summed E-state index contributed by atoms with van der Waals surface area (Å²) in [7, 11) is 1.48. The zero-order valence-corrected chi connectivity index (χ0v) is 17.7. The van der Waals surface area contributed by atoms with Crippen molar-refractivity contribution in [3.8, 4) is 17.2 Å². The first-order chi connectivity index (χ1) is 13.9. The number of carboxylic acids is 1. The third-order valence-corrected chi connectivity index (χ3v) is 4.91. The maximum atomic E-state index is 12.8. The van der Waals surface area contributed by atoms with E-state index in [0.717, 1.165) is 11.6 Å². The molecule has 2 aromatic rings. The van der Waals surface area contributed by atoms with Crippen molar-refractivity contribution in [2.24, 2.45) is 5.41 Å². The summed E-state index contributed by atoms with van der Waals surface area (Å²) in [4.78, 5) is 24.2. The first-order valence-corrected chi connectivity index (χ1v) is 9.33. The van der Waals surface area contributed by atoms with E-state index in [1.54, 1.807) is 38.1 Å². The van der Waals surface area contributed by atoms with Gasteiger partial charge in [-0.05, 0) is 49.7 Å². The fraction of sp³-hybridized carbons (Fsp3) is 0.304. The van der Waals surface area contributed by atoms with E-state index in [1.807, 2.05) is 19.9 Å². The number of phenols is 2. The second-order valence-corrected chi connectivity index (χ2v) is 8.15. The monoisotopic (exact) mass is 413 g/mol. The van der Waals surface area contributed by atoms with Crippen LogP contribution in [0, 0.1) is 5.41 Å². The quantitative estimate of drug-likeness (QED) is 0.397. The molecule has 2 aromatic carbocycles. The molecule has 7 nitrogen and oxygen atoms in total. The van der Waals surface area contributed by atoms with Crippen LogP contribution in [0.3, 0.4) is 0 Å². The Bertz CT molecular complexity index is 991.